The van der Waals surface area contributed by atoms with Crippen molar-refractivity contribution in [1.29, 1.82) is 0 Å². The molecule has 1 unspecified atom stereocenters. The third-order valence-electron chi connectivity index (χ3n) is 3.56. The van der Waals surface area contributed by atoms with Crippen LogP contribution in [0.3, 0.4) is 0 Å². The van der Waals surface area contributed by atoms with E-state index in [0.717, 1.165) is 36.8 Å². The number of aromatic nitrogens is 3. The SMILES string of the molecule is CCOC(=O)c1csc(C2CCCN2Cc2ncc[nH]2)n1. The topological polar surface area (TPSA) is 71.1 Å². The maximum Gasteiger partial charge on any atom is 0.357 e. The first kappa shape index (κ1) is 14.2. The molecular formula is C14H18N4O2S. The van der Waals surface area contributed by atoms with Gasteiger partial charge in [0.05, 0.1) is 19.2 Å². The summed E-state index contributed by atoms with van der Waals surface area (Å²) in [6.07, 6.45) is 5.81. The summed E-state index contributed by atoms with van der Waals surface area (Å²) in [6.45, 7) is 3.98. The molecule has 0 radical (unpaired) electrons. The van der Waals surface area contributed by atoms with Gasteiger partial charge in [0.1, 0.15) is 10.8 Å². The van der Waals surface area contributed by atoms with E-state index in [9.17, 15) is 4.79 Å². The van der Waals surface area contributed by atoms with Crippen molar-refractivity contribution in [2.24, 2.45) is 0 Å². The fraction of sp³-hybridized carbons (Fsp3) is 0.500. The number of nitrogens with one attached hydrogen (secondary N) is 1. The van der Waals surface area contributed by atoms with Gasteiger partial charge in [-0.2, -0.15) is 0 Å². The van der Waals surface area contributed by atoms with Gasteiger partial charge < -0.3 is 9.72 Å². The number of thiazole rings is 1. The van der Waals surface area contributed by atoms with E-state index >= 15 is 0 Å². The van der Waals surface area contributed by atoms with Gasteiger partial charge in [0.15, 0.2) is 5.69 Å². The van der Waals surface area contributed by atoms with Crippen LogP contribution in [0.4, 0.5) is 0 Å². The van der Waals surface area contributed by atoms with Crippen LogP contribution in [-0.4, -0.2) is 39.0 Å². The highest BCUT2D eigenvalue weighted by Gasteiger charge is 2.29. The number of nitrogens with zero attached hydrogens (tertiary/aromatic N) is 3. The average molecular weight is 306 g/mol. The number of imidazole rings is 1. The van der Waals surface area contributed by atoms with Crippen LogP contribution in [-0.2, 0) is 11.3 Å². The van der Waals surface area contributed by atoms with Gasteiger partial charge in [-0.05, 0) is 26.3 Å². The Bertz CT molecular complexity index is 596. The van der Waals surface area contributed by atoms with Crippen LogP contribution in [0.5, 0.6) is 0 Å². The summed E-state index contributed by atoms with van der Waals surface area (Å²) in [5.41, 5.74) is 0.418. The van der Waals surface area contributed by atoms with Crippen molar-refractivity contribution in [3.63, 3.8) is 0 Å². The second-order valence-corrected chi connectivity index (χ2v) is 5.85. The predicted octanol–water partition coefficient (Wildman–Crippen LogP) is 2.38. The first-order valence-electron chi connectivity index (χ1n) is 7.12. The smallest absolute Gasteiger partial charge is 0.357 e. The van der Waals surface area contributed by atoms with Gasteiger partial charge in [-0.15, -0.1) is 11.3 Å². The van der Waals surface area contributed by atoms with Gasteiger partial charge in [-0.3, -0.25) is 4.90 Å². The molecule has 112 valence electrons. The van der Waals surface area contributed by atoms with Gasteiger partial charge in [0, 0.05) is 17.8 Å². The number of aromatic amines is 1. The molecule has 1 aliphatic heterocycles. The zero-order valence-corrected chi connectivity index (χ0v) is 12.7. The maximum absolute atomic E-state index is 11.7. The van der Waals surface area contributed by atoms with E-state index in [-0.39, 0.29) is 12.0 Å². The highest BCUT2D eigenvalue weighted by atomic mass is 32.1. The predicted molar refractivity (Wildman–Crippen MR) is 79.0 cm³/mol. The van der Waals surface area contributed by atoms with Crippen LogP contribution < -0.4 is 0 Å². The van der Waals surface area contributed by atoms with Crippen molar-refractivity contribution in [1.82, 2.24) is 19.9 Å². The van der Waals surface area contributed by atoms with Gasteiger partial charge >= 0.3 is 5.97 Å². The van der Waals surface area contributed by atoms with Crippen molar-refractivity contribution >= 4 is 17.3 Å². The Morgan fingerprint density at radius 3 is 3.29 bits per heavy atom. The highest BCUT2D eigenvalue weighted by Crippen LogP contribution is 2.34. The molecule has 21 heavy (non-hydrogen) atoms. The van der Waals surface area contributed by atoms with Gasteiger partial charge in [0.2, 0.25) is 0 Å². The number of ether oxygens (including phenoxy) is 1. The summed E-state index contributed by atoms with van der Waals surface area (Å²) in [5.74, 6) is 0.625. The minimum Gasteiger partial charge on any atom is -0.461 e. The highest BCUT2D eigenvalue weighted by molar-refractivity contribution is 7.09. The third kappa shape index (κ3) is 3.14. The number of carbonyl (C=O) groups excluding carboxylic acids is 1. The van der Waals surface area contributed by atoms with Gasteiger partial charge in [0.25, 0.3) is 0 Å². The molecule has 0 aromatic carbocycles. The van der Waals surface area contributed by atoms with E-state index < -0.39 is 0 Å². The molecule has 1 saturated heterocycles. The minimum atomic E-state index is -0.337. The van der Waals surface area contributed by atoms with Crippen LogP contribution >= 0.6 is 11.3 Å². The number of carbonyl (C=O) groups is 1. The Morgan fingerprint density at radius 1 is 1.62 bits per heavy atom. The second kappa shape index (κ2) is 6.36. The normalized spacial score (nSPS) is 19.0. The summed E-state index contributed by atoms with van der Waals surface area (Å²) in [4.78, 5) is 25.9. The number of hydrogen-bond acceptors (Lipinski definition) is 6. The number of esters is 1. The van der Waals surface area contributed by atoms with Crippen LogP contribution in [0.1, 0.15) is 47.1 Å². The number of likely N-dealkylation sites (tertiary alicyclic amines) is 1. The molecule has 1 atom stereocenters. The molecular weight excluding hydrogens is 288 g/mol. The minimum absolute atomic E-state index is 0.267. The number of rotatable bonds is 5. The fourth-order valence-corrected chi connectivity index (χ4v) is 3.57. The summed E-state index contributed by atoms with van der Waals surface area (Å²) < 4.78 is 4.99. The van der Waals surface area contributed by atoms with E-state index in [1.165, 1.54) is 11.3 Å². The molecule has 3 heterocycles. The van der Waals surface area contributed by atoms with Crippen molar-refractivity contribution in [2.75, 3.05) is 13.2 Å². The Hall–Kier alpha value is -1.73. The van der Waals surface area contributed by atoms with E-state index in [2.05, 4.69) is 19.9 Å². The summed E-state index contributed by atoms with van der Waals surface area (Å²) in [5, 5.41) is 2.78. The summed E-state index contributed by atoms with van der Waals surface area (Å²) >= 11 is 1.53. The molecule has 6 nitrogen and oxygen atoms in total. The largest absolute Gasteiger partial charge is 0.461 e. The van der Waals surface area contributed by atoms with Gasteiger partial charge in [-0.1, -0.05) is 0 Å². The zero-order valence-electron chi connectivity index (χ0n) is 11.9. The molecule has 0 aliphatic carbocycles. The standard InChI is InChI=1S/C14H18N4O2S/c1-2-20-14(19)10-9-21-13(17-10)11-4-3-7-18(11)8-12-15-5-6-16-12/h5-6,9,11H,2-4,7-8H2,1H3,(H,15,16). The van der Waals surface area contributed by atoms with Crippen LogP contribution in [0, 0.1) is 0 Å². The Kier molecular flexibility index (Phi) is 4.31. The zero-order chi connectivity index (χ0) is 14.7. The van der Waals surface area contributed by atoms with Crippen LogP contribution in [0.25, 0.3) is 0 Å². The lowest BCUT2D eigenvalue weighted by Crippen LogP contribution is -2.23. The molecule has 0 amide bonds. The Morgan fingerprint density at radius 2 is 2.52 bits per heavy atom. The van der Waals surface area contributed by atoms with Gasteiger partial charge in [-0.25, -0.2) is 14.8 Å². The lowest BCUT2D eigenvalue weighted by Gasteiger charge is -2.21. The van der Waals surface area contributed by atoms with Crippen molar-refractivity contribution in [3.8, 4) is 0 Å². The first-order valence-corrected chi connectivity index (χ1v) is 8.00. The van der Waals surface area contributed by atoms with Crippen molar-refractivity contribution < 1.29 is 9.53 Å². The molecule has 1 N–H and O–H groups in total. The fourth-order valence-electron chi connectivity index (χ4n) is 2.61. The molecule has 1 aliphatic rings. The molecule has 0 bridgehead atoms. The average Bonchev–Trinajstić information content (AvgIpc) is 3.20. The summed E-state index contributed by atoms with van der Waals surface area (Å²) in [6, 6.07) is 0.267. The van der Waals surface area contributed by atoms with Crippen LogP contribution in [0.15, 0.2) is 17.8 Å². The Balaban J connectivity index is 1.71. The number of hydrogen-bond donors (Lipinski definition) is 1. The van der Waals surface area contributed by atoms with Crippen molar-refractivity contribution in [2.45, 2.75) is 32.4 Å². The Labute approximate surface area is 127 Å². The molecule has 2 aromatic heterocycles. The van der Waals surface area contributed by atoms with E-state index in [1.807, 2.05) is 6.20 Å². The monoisotopic (exact) mass is 306 g/mol. The van der Waals surface area contributed by atoms with E-state index in [1.54, 1.807) is 18.5 Å². The first-order chi connectivity index (χ1) is 10.3. The quantitative estimate of drug-likeness (QED) is 0.859. The molecule has 1 fully saturated rings. The molecule has 0 saturated carbocycles. The molecule has 7 heteroatoms. The molecule has 2 aromatic rings. The maximum atomic E-state index is 11.7. The number of H-pyrrole nitrogens is 1. The third-order valence-corrected chi connectivity index (χ3v) is 4.51. The lowest BCUT2D eigenvalue weighted by atomic mass is 10.2. The lowest BCUT2D eigenvalue weighted by molar-refractivity contribution is 0.0520. The summed E-state index contributed by atoms with van der Waals surface area (Å²) in [7, 11) is 0. The second-order valence-electron chi connectivity index (χ2n) is 4.96. The van der Waals surface area contributed by atoms with Crippen LogP contribution in [0.2, 0.25) is 0 Å². The molecule has 3 rings (SSSR count). The van der Waals surface area contributed by atoms with E-state index in [0.29, 0.717) is 12.3 Å². The van der Waals surface area contributed by atoms with E-state index in [4.69, 9.17) is 4.74 Å². The molecule has 0 spiro atoms. The van der Waals surface area contributed by atoms with Crippen molar-refractivity contribution in [3.05, 3.63) is 34.3 Å².